The average molecular weight is 456 g/mol. The van der Waals surface area contributed by atoms with Crippen LogP contribution in [0.25, 0.3) is 0 Å². The maximum atomic E-state index is 13.1. The van der Waals surface area contributed by atoms with E-state index in [2.05, 4.69) is 5.32 Å². The van der Waals surface area contributed by atoms with Crippen molar-refractivity contribution in [3.8, 4) is 5.75 Å². The van der Waals surface area contributed by atoms with Crippen LogP contribution in [-0.2, 0) is 11.0 Å². The molecule has 1 aliphatic heterocycles. The molecule has 1 saturated heterocycles. The summed E-state index contributed by atoms with van der Waals surface area (Å²) in [4.78, 5) is 28.9. The number of anilines is 1. The molecule has 1 aromatic carbocycles. The molecule has 168 valence electrons. The molecule has 0 unspecified atom stereocenters. The number of rotatable bonds is 7. The molecule has 1 fully saturated rings. The van der Waals surface area contributed by atoms with Gasteiger partial charge in [0.2, 0.25) is 5.91 Å². The summed E-state index contributed by atoms with van der Waals surface area (Å²) >= 11 is 1.37. The van der Waals surface area contributed by atoms with E-state index in [1.165, 1.54) is 17.4 Å². The lowest BCUT2D eigenvalue weighted by atomic mass is 10.1. The van der Waals surface area contributed by atoms with Crippen molar-refractivity contribution in [1.82, 2.24) is 9.80 Å². The van der Waals surface area contributed by atoms with Crippen molar-refractivity contribution in [2.45, 2.75) is 19.5 Å². The lowest BCUT2D eigenvalue weighted by Gasteiger charge is -2.34. The van der Waals surface area contributed by atoms with Crippen molar-refractivity contribution in [3.63, 3.8) is 0 Å². The van der Waals surface area contributed by atoms with Gasteiger partial charge in [-0.1, -0.05) is 13.0 Å². The number of carbonyl (C=O) groups is 2. The predicted octanol–water partition coefficient (Wildman–Crippen LogP) is 3.95. The lowest BCUT2D eigenvalue weighted by molar-refractivity contribution is -0.137. The number of ether oxygens (including phenoxy) is 1. The molecule has 0 spiro atoms. The highest BCUT2D eigenvalue weighted by Gasteiger charge is 2.31. The van der Waals surface area contributed by atoms with Crippen LogP contribution < -0.4 is 10.1 Å². The van der Waals surface area contributed by atoms with Gasteiger partial charge in [0.25, 0.3) is 5.91 Å². The fourth-order valence-corrected chi connectivity index (χ4v) is 3.87. The zero-order valence-corrected chi connectivity index (χ0v) is 17.9. The van der Waals surface area contributed by atoms with Gasteiger partial charge in [-0.2, -0.15) is 13.2 Å². The van der Waals surface area contributed by atoms with Crippen molar-refractivity contribution in [1.29, 1.82) is 0 Å². The second-order valence-electron chi connectivity index (χ2n) is 7.06. The summed E-state index contributed by atoms with van der Waals surface area (Å²) < 4.78 is 44.7. The van der Waals surface area contributed by atoms with Gasteiger partial charge in [-0.05, 0) is 36.1 Å². The monoisotopic (exact) mass is 455 g/mol. The van der Waals surface area contributed by atoms with E-state index in [1.807, 2.05) is 18.4 Å². The van der Waals surface area contributed by atoms with Crippen LogP contribution in [0.15, 0.2) is 35.7 Å². The largest absolute Gasteiger partial charge is 0.491 e. The molecule has 0 saturated carbocycles. The summed E-state index contributed by atoms with van der Waals surface area (Å²) in [6.07, 6.45) is -3.79. The number of carbonyl (C=O) groups excluding carboxylic acids is 2. The van der Waals surface area contributed by atoms with Gasteiger partial charge in [-0.3, -0.25) is 9.59 Å². The third-order valence-corrected chi connectivity index (χ3v) is 5.71. The van der Waals surface area contributed by atoms with E-state index in [4.69, 9.17) is 4.74 Å². The summed E-state index contributed by atoms with van der Waals surface area (Å²) in [5.41, 5.74) is -0.685. The minimum atomic E-state index is -4.49. The van der Waals surface area contributed by atoms with E-state index >= 15 is 0 Å². The van der Waals surface area contributed by atoms with Crippen molar-refractivity contribution >= 4 is 28.8 Å². The molecule has 2 aromatic rings. The number of nitrogens with one attached hydrogen (secondary N) is 1. The molecule has 2 heterocycles. The molecule has 1 aliphatic rings. The van der Waals surface area contributed by atoms with Crippen LogP contribution in [0.5, 0.6) is 5.75 Å². The maximum Gasteiger partial charge on any atom is 0.416 e. The summed E-state index contributed by atoms with van der Waals surface area (Å²) in [7, 11) is 0. The SMILES string of the molecule is CCCOc1ccc(C(F)(F)F)cc1NCC(=O)N1CCN(C(=O)c2cccs2)CC1. The molecular weight excluding hydrogens is 431 g/mol. The number of thiophene rings is 1. The summed E-state index contributed by atoms with van der Waals surface area (Å²) in [5, 5.41) is 4.63. The van der Waals surface area contributed by atoms with Crippen molar-refractivity contribution in [3.05, 3.63) is 46.2 Å². The molecule has 1 aromatic heterocycles. The average Bonchev–Trinajstić information content (AvgIpc) is 3.30. The molecule has 1 N–H and O–H groups in total. The Morgan fingerprint density at radius 3 is 2.45 bits per heavy atom. The fourth-order valence-electron chi connectivity index (χ4n) is 3.18. The van der Waals surface area contributed by atoms with Crippen LogP contribution in [0.4, 0.5) is 18.9 Å². The van der Waals surface area contributed by atoms with Crippen LogP contribution in [0, 0.1) is 0 Å². The third kappa shape index (κ3) is 5.90. The molecule has 0 radical (unpaired) electrons. The first-order valence-corrected chi connectivity index (χ1v) is 10.9. The van der Waals surface area contributed by atoms with Gasteiger partial charge in [-0.15, -0.1) is 11.3 Å². The van der Waals surface area contributed by atoms with E-state index in [0.29, 0.717) is 44.1 Å². The first-order chi connectivity index (χ1) is 14.8. The first-order valence-electron chi connectivity index (χ1n) is 9.98. The number of benzene rings is 1. The number of hydrogen-bond acceptors (Lipinski definition) is 5. The Bertz CT molecular complexity index is 895. The summed E-state index contributed by atoms with van der Waals surface area (Å²) in [6, 6.07) is 6.76. The van der Waals surface area contributed by atoms with Gasteiger partial charge in [-0.25, -0.2) is 0 Å². The molecule has 31 heavy (non-hydrogen) atoms. The minimum absolute atomic E-state index is 0.0538. The Balaban J connectivity index is 1.58. The van der Waals surface area contributed by atoms with Gasteiger partial charge in [0.15, 0.2) is 0 Å². The van der Waals surface area contributed by atoms with Crippen LogP contribution in [0.2, 0.25) is 0 Å². The van der Waals surface area contributed by atoms with Crippen LogP contribution >= 0.6 is 11.3 Å². The summed E-state index contributed by atoms with van der Waals surface area (Å²) in [5.74, 6) is -0.0296. The summed E-state index contributed by atoms with van der Waals surface area (Å²) in [6.45, 7) is 3.66. The van der Waals surface area contributed by atoms with E-state index in [9.17, 15) is 22.8 Å². The van der Waals surface area contributed by atoms with Crippen molar-refractivity contribution in [2.24, 2.45) is 0 Å². The second kappa shape index (κ2) is 10.0. The predicted molar refractivity (Wildman–Crippen MR) is 113 cm³/mol. The molecule has 0 bridgehead atoms. The quantitative estimate of drug-likeness (QED) is 0.687. The molecular formula is C21H24F3N3O3S. The molecule has 0 aliphatic carbocycles. The Hall–Kier alpha value is -2.75. The highest BCUT2D eigenvalue weighted by molar-refractivity contribution is 7.12. The molecule has 3 rings (SSSR count). The van der Waals surface area contributed by atoms with E-state index in [1.54, 1.807) is 15.9 Å². The number of alkyl halides is 3. The molecule has 10 heteroatoms. The van der Waals surface area contributed by atoms with Crippen molar-refractivity contribution in [2.75, 3.05) is 44.6 Å². The zero-order chi connectivity index (χ0) is 22.4. The smallest absolute Gasteiger partial charge is 0.416 e. The highest BCUT2D eigenvalue weighted by Crippen LogP contribution is 2.35. The van der Waals surface area contributed by atoms with Gasteiger partial charge in [0.1, 0.15) is 5.75 Å². The van der Waals surface area contributed by atoms with E-state index in [-0.39, 0.29) is 29.8 Å². The van der Waals surface area contributed by atoms with E-state index < -0.39 is 11.7 Å². The minimum Gasteiger partial charge on any atom is -0.491 e. The molecule has 2 amide bonds. The normalized spacial score (nSPS) is 14.5. The Labute approximate surface area is 182 Å². The maximum absolute atomic E-state index is 13.1. The fraction of sp³-hybridized carbons (Fsp3) is 0.429. The number of piperazine rings is 1. The van der Waals surface area contributed by atoms with Crippen molar-refractivity contribution < 1.29 is 27.5 Å². The molecule has 6 nitrogen and oxygen atoms in total. The Morgan fingerprint density at radius 1 is 1.13 bits per heavy atom. The number of amides is 2. The van der Waals surface area contributed by atoms with Gasteiger partial charge >= 0.3 is 6.18 Å². The Morgan fingerprint density at radius 2 is 1.84 bits per heavy atom. The lowest BCUT2D eigenvalue weighted by Crippen LogP contribution is -2.51. The third-order valence-electron chi connectivity index (χ3n) is 4.85. The zero-order valence-electron chi connectivity index (χ0n) is 17.1. The van der Waals surface area contributed by atoms with Gasteiger partial charge in [0.05, 0.1) is 29.3 Å². The Kier molecular flexibility index (Phi) is 7.42. The topological polar surface area (TPSA) is 61.9 Å². The molecule has 0 atom stereocenters. The van der Waals surface area contributed by atoms with Crippen LogP contribution in [0.1, 0.15) is 28.6 Å². The second-order valence-corrected chi connectivity index (χ2v) is 8.01. The van der Waals surface area contributed by atoms with Crippen LogP contribution in [-0.4, -0.2) is 60.9 Å². The van der Waals surface area contributed by atoms with E-state index in [0.717, 1.165) is 12.1 Å². The van der Waals surface area contributed by atoms with Gasteiger partial charge in [0, 0.05) is 26.2 Å². The first kappa shape index (κ1) is 22.9. The number of halogens is 3. The standard InChI is InChI=1S/C21H24F3N3O3S/c1-2-11-30-17-6-5-15(21(22,23)24)13-16(17)25-14-19(28)26-7-9-27(10-8-26)20(29)18-4-3-12-31-18/h3-6,12-13,25H,2,7-11,14H2,1H3. The van der Waals surface area contributed by atoms with Gasteiger partial charge < -0.3 is 19.9 Å². The number of hydrogen-bond donors (Lipinski definition) is 1. The number of nitrogens with zero attached hydrogens (tertiary/aromatic N) is 2. The highest BCUT2D eigenvalue weighted by atomic mass is 32.1. The van der Waals surface area contributed by atoms with Crippen LogP contribution in [0.3, 0.4) is 0 Å².